The maximum absolute atomic E-state index is 12.3. The van der Waals surface area contributed by atoms with Gasteiger partial charge < -0.3 is 20.3 Å². The summed E-state index contributed by atoms with van der Waals surface area (Å²) in [6.07, 6.45) is 0. The van der Waals surface area contributed by atoms with Gasteiger partial charge in [-0.2, -0.15) is 0 Å². The number of nitro groups is 1. The van der Waals surface area contributed by atoms with Gasteiger partial charge in [0.1, 0.15) is 5.75 Å². The minimum Gasteiger partial charge on any atom is -0.494 e. The molecule has 0 saturated heterocycles. The second-order valence-electron chi connectivity index (χ2n) is 6.95. The molecule has 144 valence electrons. The second-order valence-corrected chi connectivity index (χ2v) is 6.95. The van der Waals surface area contributed by atoms with E-state index < -0.39 is 4.92 Å². The van der Waals surface area contributed by atoms with Crippen LogP contribution in [0.5, 0.6) is 5.75 Å². The highest BCUT2D eigenvalue weighted by atomic mass is 16.6. The van der Waals surface area contributed by atoms with Crippen LogP contribution in [0, 0.1) is 10.1 Å². The molecule has 1 rings (SSSR count). The molecule has 0 heterocycles. The Morgan fingerprint density at radius 2 is 1.85 bits per heavy atom. The Morgan fingerprint density at radius 1 is 1.23 bits per heavy atom. The summed E-state index contributed by atoms with van der Waals surface area (Å²) in [6, 6.07) is 3.96. The largest absolute Gasteiger partial charge is 0.494 e. The van der Waals surface area contributed by atoms with Gasteiger partial charge >= 0.3 is 0 Å². The Bertz CT molecular complexity index is 670. The van der Waals surface area contributed by atoms with Gasteiger partial charge in [0.25, 0.3) is 17.5 Å². The molecule has 1 atom stereocenters. The maximum atomic E-state index is 12.3. The predicted octanol–water partition coefficient (Wildman–Crippen LogP) is 0.361. The first kappa shape index (κ1) is 21.4. The van der Waals surface area contributed by atoms with Gasteiger partial charge in [-0.1, -0.05) is 0 Å². The number of nitro benzene ring substituents is 1. The fraction of sp³-hybridized carbons (Fsp3) is 0.529. The van der Waals surface area contributed by atoms with Gasteiger partial charge in [0.2, 0.25) is 0 Å². The van der Waals surface area contributed by atoms with Crippen molar-refractivity contribution in [2.45, 2.75) is 33.2 Å². The van der Waals surface area contributed by atoms with E-state index in [-0.39, 0.29) is 41.9 Å². The quantitative estimate of drug-likeness (QED) is 0.453. The summed E-state index contributed by atoms with van der Waals surface area (Å²) in [5, 5.41) is 16.4. The van der Waals surface area contributed by atoms with E-state index in [0.29, 0.717) is 12.2 Å². The van der Waals surface area contributed by atoms with Crippen molar-refractivity contribution in [3.05, 3.63) is 28.3 Å². The van der Waals surface area contributed by atoms with Crippen LogP contribution < -0.4 is 20.3 Å². The number of carbonyl (C=O) groups excluding carboxylic acids is 2. The number of anilines is 1. The SMILES string of the molecule is CC[NH+](CC(=O)Nc1ccc([N+](=O)[O-])cc1OC)CC(=O)NC(C)(C)C. The third-order valence-electron chi connectivity index (χ3n) is 3.51. The number of nitrogens with one attached hydrogen (secondary N) is 3. The van der Waals surface area contributed by atoms with Crippen LogP contribution in [0.25, 0.3) is 0 Å². The molecule has 0 radical (unpaired) electrons. The summed E-state index contributed by atoms with van der Waals surface area (Å²) in [7, 11) is 1.37. The molecule has 9 heteroatoms. The van der Waals surface area contributed by atoms with E-state index in [1.165, 1.54) is 25.3 Å². The lowest BCUT2D eigenvalue weighted by Crippen LogP contribution is -3.14. The molecule has 1 aromatic carbocycles. The Hall–Kier alpha value is -2.68. The zero-order valence-electron chi connectivity index (χ0n) is 15.8. The number of carbonyl (C=O) groups is 2. The van der Waals surface area contributed by atoms with E-state index in [1.807, 2.05) is 27.7 Å². The zero-order valence-corrected chi connectivity index (χ0v) is 15.8. The zero-order chi connectivity index (χ0) is 19.9. The van der Waals surface area contributed by atoms with Crippen LogP contribution in [-0.2, 0) is 9.59 Å². The minimum atomic E-state index is -0.537. The third-order valence-corrected chi connectivity index (χ3v) is 3.51. The first-order chi connectivity index (χ1) is 12.1. The Balaban J connectivity index is 2.72. The molecular formula is C17H27N4O5+. The number of methoxy groups -OCH3 is 1. The molecule has 0 saturated carbocycles. The molecule has 0 aliphatic carbocycles. The summed E-state index contributed by atoms with van der Waals surface area (Å²) in [4.78, 5) is 35.4. The number of amides is 2. The molecule has 0 aliphatic heterocycles. The fourth-order valence-electron chi connectivity index (χ4n) is 2.32. The van der Waals surface area contributed by atoms with Crippen LogP contribution in [0.4, 0.5) is 11.4 Å². The van der Waals surface area contributed by atoms with Gasteiger partial charge in [-0.25, -0.2) is 0 Å². The van der Waals surface area contributed by atoms with Crippen molar-refractivity contribution in [1.82, 2.24) is 5.32 Å². The summed E-state index contributed by atoms with van der Waals surface area (Å²) >= 11 is 0. The molecular weight excluding hydrogens is 340 g/mol. The standard InChI is InChI=1S/C17H26N4O5/c1-6-20(11-16(23)19-17(2,3)4)10-15(22)18-13-8-7-12(21(24)25)9-14(13)26-5/h7-9H,6,10-11H2,1-5H3,(H,18,22)(H,19,23)/p+1. The summed E-state index contributed by atoms with van der Waals surface area (Å²) < 4.78 is 5.10. The molecule has 0 spiro atoms. The van der Waals surface area contributed by atoms with Gasteiger partial charge in [-0.05, 0) is 33.8 Å². The topological polar surface area (TPSA) is 115 Å². The van der Waals surface area contributed by atoms with Crippen LogP contribution in [-0.4, -0.2) is 49.0 Å². The predicted molar refractivity (Wildman–Crippen MR) is 97.4 cm³/mol. The highest BCUT2D eigenvalue weighted by Crippen LogP contribution is 2.28. The lowest BCUT2D eigenvalue weighted by atomic mass is 10.1. The van der Waals surface area contributed by atoms with Crippen molar-refractivity contribution in [2.24, 2.45) is 0 Å². The van der Waals surface area contributed by atoms with E-state index in [9.17, 15) is 19.7 Å². The normalized spacial score (nSPS) is 12.2. The average molecular weight is 367 g/mol. The van der Waals surface area contributed by atoms with Gasteiger partial charge in [0.05, 0.1) is 30.3 Å². The molecule has 2 amide bonds. The number of nitrogens with zero attached hydrogens (tertiary/aromatic N) is 1. The van der Waals surface area contributed by atoms with Crippen molar-refractivity contribution in [3.8, 4) is 5.75 Å². The van der Waals surface area contributed by atoms with Gasteiger partial charge in [-0.3, -0.25) is 19.7 Å². The Labute approximate surface area is 152 Å². The average Bonchev–Trinajstić information content (AvgIpc) is 2.52. The monoisotopic (exact) mass is 367 g/mol. The Morgan fingerprint density at radius 3 is 2.35 bits per heavy atom. The van der Waals surface area contributed by atoms with E-state index in [2.05, 4.69) is 10.6 Å². The summed E-state index contributed by atoms with van der Waals surface area (Å²) in [5.41, 5.74) is -0.109. The second kappa shape index (κ2) is 9.14. The van der Waals surface area contributed by atoms with Crippen LogP contribution in [0.15, 0.2) is 18.2 Å². The van der Waals surface area contributed by atoms with Crippen molar-refractivity contribution < 1.29 is 24.1 Å². The van der Waals surface area contributed by atoms with Crippen molar-refractivity contribution in [1.29, 1.82) is 0 Å². The number of quaternary nitrogens is 1. The molecule has 26 heavy (non-hydrogen) atoms. The molecule has 0 bridgehead atoms. The van der Waals surface area contributed by atoms with Crippen molar-refractivity contribution >= 4 is 23.2 Å². The van der Waals surface area contributed by atoms with E-state index in [4.69, 9.17) is 4.74 Å². The molecule has 1 aromatic rings. The van der Waals surface area contributed by atoms with Crippen LogP contribution >= 0.6 is 0 Å². The van der Waals surface area contributed by atoms with Gasteiger partial charge in [-0.15, -0.1) is 0 Å². The number of rotatable bonds is 8. The molecule has 3 N–H and O–H groups in total. The fourth-order valence-corrected chi connectivity index (χ4v) is 2.32. The summed E-state index contributed by atoms with van der Waals surface area (Å²) in [5.74, 6) is -0.233. The number of hydrogen-bond donors (Lipinski definition) is 3. The number of benzene rings is 1. The number of non-ortho nitro benzene ring substituents is 1. The van der Waals surface area contributed by atoms with Crippen LogP contribution in [0.3, 0.4) is 0 Å². The van der Waals surface area contributed by atoms with Gasteiger partial charge in [0, 0.05) is 11.6 Å². The van der Waals surface area contributed by atoms with E-state index >= 15 is 0 Å². The molecule has 0 aromatic heterocycles. The van der Waals surface area contributed by atoms with Crippen LogP contribution in [0.1, 0.15) is 27.7 Å². The molecule has 9 nitrogen and oxygen atoms in total. The lowest BCUT2D eigenvalue weighted by Gasteiger charge is -2.23. The minimum absolute atomic E-state index is 0.0915. The van der Waals surface area contributed by atoms with E-state index in [0.717, 1.165) is 4.90 Å². The number of hydrogen-bond acceptors (Lipinski definition) is 5. The maximum Gasteiger partial charge on any atom is 0.279 e. The highest BCUT2D eigenvalue weighted by Gasteiger charge is 2.21. The summed E-state index contributed by atoms with van der Waals surface area (Å²) in [6.45, 7) is 8.44. The third kappa shape index (κ3) is 7.06. The van der Waals surface area contributed by atoms with Crippen LogP contribution in [0.2, 0.25) is 0 Å². The van der Waals surface area contributed by atoms with Crippen molar-refractivity contribution in [2.75, 3.05) is 32.1 Å². The first-order valence-corrected chi connectivity index (χ1v) is 8.32. The Kier molecular flexibility index (Phi) is 7.51. The smallest absolute Gasteiger partial charge is 0.279 e. The van der Waals surface area contributed by atoms with E-state index in [1.54, 1.807) is 0 Å². The number of ether oxygens (including phenoxy) is 1. The lowest BCUT2D eigenvalue weighted by molar-refractivity contribution is -0.881. The first-order valence-electron chi connectivity index (χ1n) is 8.32. The molecule has 0 fully saturated rings. The van der Waals surface area contributed by atoms with Crippen molar-refractivity contribution in [3.63, 3.8) is 0 Å². The number of likely N-dealkylation sites (N-methyl/N-ethyl adjacent to an activating group) is 1. The molecule has 1 unspecified atom stereocenters. The molecule has 0 aliphatic rings. The van der Waals surface area contributed by atoms with Gasteiger partial charge in [0.15, 0.2) is 13.1 Å². The highest BCUT2D eigenvalue weighted by molar-refractivity contribution is 5.93.